The van der Waals surface area contributed by atoms with Crippen molar-refractivity contribution in [3.63, 3.8) is 0 Å². The average Bonchev–Trinajstić information content (AvgIpc) is 2.84. The summed E-state index contributed by atoms with van der Waals surface area (Å²) in [6, 6.07) is 2.18. The number of hydrogen-bond acceptors (Lipinski definition) is 4. The Hall–Kier alpha value is -0.710. The summed E-state index contributed by atoms with van der Waals surface area (Å²) in [6.07, 6.45) is 0. The summed E-state index contributed by atoms with van der Waals surface area (Å²) in [5.74, 6) is 0.434. The van der Waals surface area contributed by atoms with Crippen molar-refractivity contribution >= 4 is 22.7 Å². The van der Waals surface area contributed by atoms with E-state index in [1.165, 1.54) is 10.4 Å². The largest absolute Gasteiger partial charge is 0.322 e. The summed E-state index contributed by atoms with van der Waals surface area (Å²) < 4.78 is 0. The van der Waals surface area contributed by atoms with E-state index in [1.54, 1.807) is 22.7 Å². The highest BCUT2D eigenvalue weighted by Crippen LogP contribution is 2.32. The summed E-state index contributed by atoms with van der Waals surface area (Å²) >= 11 is 3.40. The molecule has 2 rings (SSSR count). The highest BCUT2D eigenvalue weighted by Gasteiger charge is 2.16. The van der Waals surface area contributed by atoms with Gasteiger partial charge in [-0.25, -0.2) is 4.98 Å². The van der Waals surface area contributed by atoms with Crippen molar-refractivity contribution in [2.75, 3.05) is 0 Å². The van der Waals surface area contributed by atoms with Crippen LogP contribution in [0.5, 0.6) is 0 Å². The molecule has 0 saturated carbocycles. The van der Waals surface area contributed by atoms with Crippen molar-refractivity contribution < 1.29 is 0 Å². The van der Waals surface area contributed by atoms with Crippen LogP contribution in [0, 0.1) is 12.8 Å². The van der Waals surface area contributed by atoms with Gasteiger partial charge in [0.2, 0.25) is 0 Å². The van der Waals surface area contributed by atoms with Crippen LogP contribution in [-0.4, -0.2) is 4.98 Å². The number of rotatable bonds is 3. The minimum absolute atomic E-state index is 0.0546. The lowest BCUT2D eigenvalue weighted by atomic mass is 10.1. The summed E-state index contributed by atoms with van der Waals surface area (Å²) in [4.78, 5) is 5.90. The molecule has 1 atom stereocenters. The second kappa shape index (κ2) is 4.65. The molecule has 0 aliphatic heterocycles. The quantitative estimate of drug-likeness (QED) is 0.901. The van der Waals surface area contributed by atoms with Gasteiger partial charge >= 0.3 is 0 Å². The van der Waals surface area contributed by atoms with Gasteiger partial charge in [-0.2, -0.15) is 0 Å². The van der Waals surface area contributed by atoms with E-state index in [0.29, 0.717) is 5.92 Å². The number of nitrogens with zero attached hydrogens (tertiary/aromatic N) is 1. The Morgan fingerprint density at radius 1 is 1.31 bits per heavy atom. The highest BCUT2D eigenvalue weighted by molar-refractivity contribution is 7.14. The van der Waals surface area contributed by atoms with E-state index in [0.717, 1.165) is 10.7 Å². The van der Waals surface area contributed by atoms with Gasteiger partial charge in [-0.15, -0.1) is 22.7 Å². The maximum absolute atomic E-state index is 6.09. The number of aromatic nitrogens is 1. The molecule has 4 heteroatoms. The molecule has 2 N–H and O–H groups in total. The number of aryl methyl sites for hydroxylation is 1. The number of hydrogen-bond donors (Lipinski definition) is 1. The van der Waals surface area contributed by atoms with Crippen molar-refractivity contribution in [2.24, 2.45) is 11.7 Å². The minimum atomic E-state index is 0.0546. The topological polar surface area (TPSA) is 38.9 Å². The van der Waals surface area contributed by atoms with E-state index in [2.05, 4.69) is 42.6 Å². The molecule has 0 aliphatic carbocycles. The lowest BCUT2D eigenvalue weighted by molar-refractivity contribution is 0.512. The molecule has 0 aromatic carbocycles. The summed E-state index contributed by atoms with van der Waals surface area (Å²) in [5.41, 5.74) is 8.46. The zero-order valence-corrected chi connectivity index (χ0v) is 11.4. The minimum Gasteiger partial charge on any atom is -0.322 e. The predicted molar refractivity (Wildman–Crippen MR) is 71.9 cm³/mol. The first-order valence-corrected chi connectivity index (χ1v) is 7.11. The van der Waals surface area contributed by atoms with Crippen LogP contribution in [0.25, 0.3) is 10.6 Å². The molecule has 2 nitrogen and oxygen atoms in total. The van der Waals surface area contributed by atoms with Crippen LogP contribution in [0.3, 0.4) is 0 Å². The fourth-order valence-electron chi connectivity index (χ4n) is 1.47. The second-order valence-corrected chi connectivity index (χ2v) is 6.08. The Morgan fingerprint density at radius 2 is 2.06 bits per heavy atom. The van der Waals surface area contributed by atoms with Crippen LogP contribution in [0.2, 0.25) is 0 Å². The third-order valence-corrected chi connectivity index (χ3v) is 4.61. The SMILES string of the molecule is Cc1ccsc1-c1csc(C(N)C(C)C)n1. The summed E-state index contributed by atoms with van der Waals surface area (Å²) in [6.45, 7) is 6.37. The van der Waals surface area contributed by atoms with Crippen LogP contribution >= 0.6 is 22.7 Å². The van der Waals surface area contributed by atoms with Gasteiger partial charge < -0.3 is 5.73 Å². The van der Waals surface area contributed by atoms with Gasteiger partial charge in [0.1, 0.15) is 5.01 Å². The van der Waals surface area contributed by atoms with Crippen molar-refractivity contribution in [3.8, 4) is 10.6 Å². The van der Waals surface area contributed by atoms with E-state index < -0.39 is 0 Å². The van der Waals surface area contributed by atoms with Gasteiger partial charge in [-0.1, -0.05) is 13.8 Å². The maximum atomic E-state index is 6.09. The third kappa shape index (κ3) is 2.19. The molecule has 86 valence electrons. The van der Waals surface area contributed by atoms with E-state index in [9.17, 15) is 0 Å². The summed E-state index contributed by atoms with van der Waals surface area (Å²) in [5, 5.41) is 5.25. The summed E-state index contributed by atoms with van der Waals surface area (Å²) in [7, 11) is 0. The monoisotopic (exact) mass is 252 g/mol. The van der Waals surface area contributed by atoms with Gasteiger partial charge in [0, 0.05) is 5.38 Å². The normalized spacial score (nSPS) is 13.3. The Kier molecular flexibility index (Phi) is 3.42. The van der Waals surface area contributed by atoms with Crippen molar-refractivity contribution in [2.45, 2.75) is 26.8 Å². The molecule has 2 aromatic rings. The Labute approximate surface area is 104 Å². The van der Waals surface area contributed by atoms with Crippen molar-refractivity contribution in [3.05, 3.63) is 27.4 Å². The van der Waals surface area contributed by atoms with Gasteiger partial charge in [0.25, 0.3) is 0 Å². The second-order valence-electron chi connectivity index (χ2n) is 4.27. The van der Waals surface area contributed by atoms with E-state index in [-0.39, 0.29) is 6.04 Å². The predicted octanol–water partition coefficient (Wildman–Crippen LogP) is 3.84. The molecule has 0 fully saturated rings. The van der Waals surface area contributed by atoms with E-state index in [4.69, 9.17) is 5.73 Å². The fourth-order valence-corrected chi connectivity index (χ4v) is 3.41. The average molecular weight is 252 g/mol. The molecule has 16 heavy (non-hydrogen) atoms. The molecule has 2 aromatic heterocycles. The number of thiazole rings is 1. The van der Waals surface area contributed by atoms with Crippen LogP contribution in [-0.2, 0) is 0 Å². The molecule has 0 bridgehead atoms. The maximum Gasteiger partial charge on any atom is 0.110 e. The van der Waals surface area contributed by atoms with Crippen LogP contribution in [0.1, 0.15) is 30.5 Å². The van der Waals surface area contributed by atoms with E-state index in [1.807, 2.05) is 0 Å². The molecule has 1 unspecified atom stereocenters. The first-order chi connectivity index (χ1) is 7.59. The zero-order chi connectivity index (χ0) is 11.7. The molecule has 0 saturated heterocycles. The van der Waals surface area contributed by atoms with Crippen LogP contribution < -0.4 is 5.73 Å². The molecule has 0 radical (unpaired) electrons. The number of thiophene rings is 1. The van der Waals surface area contributed by atoms with Gasteiger partial charge in [-0.3, -0.25) is 0 Å². The highest BCUT2D eigenvalue weighted by atomic mass is 32.1. The van der Waals surface area contributed by atoms with Gasteiger partial charge in [0.15, 0.2) is 0 Å². The molecular formula is C12H16N2S2. The van der Waals surface area contributed by atoms with Gasteiger partial charge in [0.05, 0.1) is 16.6 Å². The first kappa shape index (κ1) is 11.8. The Bertz CT molecular complexity index is 471. The van der Waals surface area contributed by atoms with Crippen LogP contribution in [0.4, 0.5) is 0 Å². The molecule has 2 heterocycles. The molecule has 0 aliphatic rings. The van der Waals surface area contributed by atoms with Gasteiger partial charge in [-0.05, 0) is 29.9 Å². The van der Waals surface area contributed by atoms with E-state index >= 15 is 0 Å². The Morgan fingerprint density at radius 3 is 2.62 bits per heavy atom. The lowest BCUT2D eigenvalue weighted by Gasteiger charge is -2.11. The standard InChI is InChI=1S/C12H16N2S2/c1-7(2)10(13)12-14-9(6-16-12)11-8(3)4-5-15-11/h4-7,10H,13H2,1-3H3. The zero-order valence-electron chi connectivity index (χ0n) is 9.73. The first-order valence-electron chi connectivity index (χ1n) is 5.35. The molecular weight excluding hydrogens is 236 g/mol. The van der Waals surface area contributed by atoms with Crippen LogP contribution in [0.15, 0.2) is 16.8 Å². The lowest BCUT2D eigenvalue weighted by Crippen LogP contribution is -2.16. The Balaban J connectivity index is 2.30. The molecule has 0 spiro atoms. The van der Waals surface area contributed by atoms with Crippen molar-refractivity contribution in [1.29, 1.82) is 0 Å². The number of nitrogens with two attached hydrogens (primary N) is 1. The fraction of sp³-hybridized carbons (Fsp3) is 0.417. The third-order valence-electron chi connectivity index (χ3n) is 2.62. The molecule has 0 amide bonds. The van der Waals surface area contributed by atoms with Crippen molar-refractivity contribution in [1.82, 2.24) is 4.98 Å². The smallest absolute Gasteiger partial charge is 0.110 e.